The normalized spacial score (nSPS) is 11.0. The van der Waals surface area contributed by atoms with Gasteiger partial charge in [-0.25, -0.2) is 9.78 Å². The van der Waals surface area contributed by atoms with Crippen LogP contribution >= 0.6 is 0 Å². The van der Waals surface area contributed by atoms with Gasteiger partial charge in [-0.05, 0) is 24.5 Å². The molecule has 2 aromatic rings. The van der Waals surface area contributed by atoms with Gasteiger partial charge in [-0.1, -0.05) is 26.7 Å². The molecule has 1 amide bonds. The van der Waals surface area contributed by atoms with Crippen LogP contribution in [0.3, 0.4) is 0 Å². The third-order valence-electron chi connectivity index (χ3n) is 3.41. The zero-order valence-corrected chi connectivity index (χ0v) is 12.6. The number of unbranched alkanes of at least 4 members (excludes halogenated alkanes) is 1. The fraction of sp³-hybridized carbons (Fsp3) is 0.438. The third kappa shape index (κ3) is 4.15. The van der Waals surface area contributed by atoms with Crippen LogP contribution in [-0.2, 0) is 6.42 Å². The van der Waals surface area contributed by atoms with Crippen molar-refractivity contribution in [3.63, 3.8) is 0 Å². The number of carbonyl (C=O) groups is 1. The van der Waals surface area contributed by atoms with E-state index in [0.717, 1.165) is 36.3 Å². The SMILES string of the molecule is CC(C)CCCCc1nc(-c2cccnc2)cn1C(N)=O. The standard InChI is InChI=1S/C16H22N4O/c1-12(2)6-3-4-8-15-19-14(11-20(15)16(17)21)13-7-5-9-18-10-13/h5,7,9-12H,3-4,6,8H2,1-2H3,(H2,17,21). The second kappa shape index (κ2) is 7.02. The third-order valence-corrected chi connectivity index (χ3v) is 3.41. The molecule has 0 bridgehead atoms. The van der Waals surface area contributed by atoms with Gasteiger partial charge >= 0.3 is 6.03 Å². The summed E-state index contributed by atoms with van der Waals surface area (Å²) in [7, 11) is 0. The van der Waals surface area contributed by atoms with Crippen molar-refractivity contribution in [2.45, 2.75) is 39.5 Å². The van der Waals surface area contributed by atoms with E-state index in [9.17, 15) is 4.79 Å². The first kappa shape index (κ1) is 15.2. The molecule has 2 rings (SSSR count). The molecule has 0 spiro atoms. The van der Waals surface area contributed by atoms with Crippen LogP contribution in [0.2, 0.25) is 0 Å². The van der Waals surface area contributed by atoms with Crippen molar-refractivity contribution < 1.29 is 4.79 Å². The van der Waals surface area contributed by atoms with Crippen LogP contribution < -0.4 is 5.73 Å². The number of hydrogen-bond acceptors (Lipinski definition) is 3. The van der Waals surface area contributed by atoms with Crippen LogP contribution in [0.1, 0.15) is 38.9 Å². The van der Waals surface area contributed by atoms with Crippen molar-refractivity contribution in [3.8, 4) is 11.3 Å². The summed E-state index contributed by atoms with van der Waals surface area (Å²) in [5, 5.41) is 0. The van der Waals surface area contributed by atoms with Gasteiger partial charge in [0.25, 0.3) is 0 Å². The van der Waals surface area contributed by atoms with Crippen LogP contribution in [0.15, 0.2) is 30.7 Å². The van der Waals surface area contributed by atoms with E-state index in [-0.39, 0.29) is 0 Å². The Morgan fingerprint density at radius 2 is 2.19 bits per heavy atom. The number of amides is 1. The van der Waals surface area contributed by atoms with Gasteiger partial charge in [-0.3, -0.25) is 9.55 Å². The van der Waals surface area contributed by atoms with Gasteiger partial charge in [0.05, 0.1) is 5.69 Å². The summed E-state index contributed by atoms with van der Waals surface area (Å²) in [4.78, 5) is 20.2. The number of nitrogens with two attached hydrogens (primary N) is 1. The molecule has 0 unspecified atom stereocenters. The van der Waals surface area contributed by atoms with E-state index in [4.69, 9.17) is 5.73 Å². The van der Waals surface area contributed by atoms with E-state index in [1.54, 1.807) is 18.6 Å². The predicted molar refractivity (Wildman–Crippen MR) is 82.8 cm³/mol. The van der Waals surface area contributed by atoms with Crippen LogP contribution in [-0.4, -0.2) is 20.6 Å². The second-order valence-electron chi connectivity index (χ2n) is 5.63. The van der Waals surface area contributed by atoms with Crippen molar-refractivity contribution in [1.82, 2.24) is 14.5 Å². The molecule has 0 aromatic carbocycles. The Kier molecular flexibility index (Phi) is 5.09. The average Bonchev–Trinajstić information content (AvgIpc) is 2.89. The van der Waals surface area contributed by atoms with E-state index in [2.05, 4.69) is 23.8 Å². The summed E-state index contributed by atoms with van der Waals surface area (Å²) in [6.45, 7) is 4.43. The van der Waals surface area contributed by atoms with Gasteiger partial charge in [-0.15, -0.1) is 0 Å². The average molecular weight is 286 g/mol. The molecule has 2 aromatic heterocycles. The summed E-state index contributed by atoms with van der Waals surface area (Å²) in [5.74, 6) is 1.43. The zero-order chi connectivity index (χ0) is 15.2. The molecule has 0 aliphatic carbocycles. The topological polar surface area (TPSA) is 73.8 Å². The summed E-state index contributed by atoms with van der Waals surface area (Å²) >= 11 is 0. The predicted octanol–water partition coefficient (Wildman–Crippen LogP) is 3.24. The zero-order valence-electron chi connectivity index (χ0n) is 12.6. The molecule has 0 aliphatic rings. The number of carbonyl (C=O) groups excluding carboxylic acids is 1. The quantitative estimate of drug-likeness (QED) is 0.828. The van der Waals surface area contributed by atoms with Gasteiger partial charge in [0.2, 0.25) is 0 Å². The highest BCUT2D eigenvalue weighted by Crippen LogP contribution is 2.19. The monoisotopic (exact) mass is 286 g/mol. The van der Waals surface area contributed by atoms with E-state index >= 15 is 0 Å². The summed E-state index contributed by atoms with van der Waals surface area (Å²) in [5.41, 5.74) is 7.05. The maximum Gasteiger partial charge on any atom is 0.324 e. The molecular formula is C16H22N4O. The smallest absolute Gasteiger partial charge is 0.324 e. The molecule has 0 saturated heterocycles. The van der Waals surface area contributed by atoms with Crippen molar-refractivity contribution in [1.29, 1.82) is 0 Å². The molecule has 2 heterocycles. The van der Waals surface area contributed by atoms with E-state index < -0.39 is 6.03 Å². The molecule has 0 atom stereocenters. The molecule has 5 heteroatoms. The van der Waals surface area contributed by atoms with Gasteiger partial charge in [0.1, 0.15) is 5.82 Å². The highest BCUT2D eigenvalue weighted by Gasteiger charge is 2.12. The maximum atomic E-state index is 11.5. The molecule has 0 saturated carbocycles. The number of rotatable bonds is 6. The van der Waals surface area contributed by atoms with Crippen LogP contribution in [0.4, 0.5) is 4.79 Å². The van der Waals surface area contributed by atoms with E-state index in [1.807, 2.05) is 12.1 Å². The minimum absolute atomic E-state index is 0.489. The number of nitrogens with zero attached hydrogens (tertiary/aromatic N) is 3. The van der Waals surface area contributed by atoms with Crippen LogP contribution in [0.5, 0.6) is 0 Å². The lowest BCUT2D eigenvalue weighted by atomic mass is 10.1. The number of aryl methyl sites for hydroxylation is 1. The molecular weight excluding hydrogens is 264 g/mol. The molecule has 0 radical (unpaired) electrons. The summed E-state index contributed by atoms with van der Waals surface area (Å²) < 4.78 is 1.44. The van der Waals surface area contributed by atoms with Gasteiger partial charge in [-0.2, -0.15) is 0 Å². The Balaban J connectivity index is 2.12. The van der Waals surface area contributed by atoms with Crippen molar-refractivity contribution in [3.05, 3.63) is 36.5 Å². The minimum Gasteiger partial charge on any atom is -0.351 e. The lowest BCUT2D eigenvalue weighted by Crippen LogP contribution is -2.21. The maximum absolute atomic E-state index is 11.5. The Morgan fingerprint density at radius 1 is 1.38 bits per heavy atom. The first-order valence-corrected chi connectivity index (χ1v) is 7.36. The Labute approximate surface area is 125 Å². The molecule has 5 nitrogen and oxygen atoms in total. The van der Waals surface area contributed by atoms with Gasteiger partial charge in [0.15, 0.2) is 0 Å². The van der Waals surface area contributed by atoms with Crippen molar-refractivity contribution in [2.75, 3.05) is 0 Å². The molecule has 112 valence electrons. The lowest BCUT2D eigenvalue weighted by Gasteiger charge is -2.05. The first-order chi connectivity index (χ1) is 10.1. The molecule has 0 aliphatic heterocycles. The number of hydrogen-bond donors (Lipinski definition) is 1. The van der Waals surface area contributed by atoms with E-state index in [0.29, 0.717) is 5.92 Å². The van der Waals surface area contributed by atoms with Gasteiger partial charge < -0.3 is 5.73 Å². The summed E-state index contributed by atoms with van der Waals surface area (Å²) in [6.07, 6.45) is 9.22. The Bertz CT molecular complexity index is 590. The van der Waals surface area contributed by atoms with Crippen molar-refractivity contribution in [2.24, 2.45) is 11.7 Å². The highest BCUT2D eigenvalue weighted by atomic mass is 16.2. The molecule has 2 N–H and O–H groups in total. The molecule has 0 fully saturated rings. The highest BCUT2D eigenvalue weighted by molar-refractivity contribution is 5.77. The lowest BCUT2D eigenvalue weighted by molar-refractivity contribution is 0.249. The fourth-order valence-corrected chi connectivity index (χ4v) is 2.27. The number of aromatic nitrogens is 3. The largest absolute Gasteiger partial charge is 0.351 e. The first-order valence-electron chi connectivity index (χ1n) is 7.36. The summed E-state index contributed by atoms with van der Waals surface area (Å²) in [6, 6.07) is 3.28. The van der Waals surface area contributed by atoms with E-state index in [1.165, 1.54) is 11.0 Å². The number of imidazole rings is 1. The van der Waals surface area contributed by atoms with Crippen LogP contribution in [0, 0.1) is 5.92 Å². The number of primary amides is 1. The fourth-order valence-electron chi connectivity index (χ4n) is 2.27. The Morgan fingerprint density at radius 3 is 2.81 bits per heavy atom. The minimum atomic E-state index is -0.489. The number of pyridine rings is 1. The van der Waals surface area contributed by atoms with Crippen LogP contribution in [0.25, 0.3) is 11.3 Å². The van der Waals surface area contributed by atoms with Crippen molar-refractivity contribution >= 4 is 6.03 Å². The van der Waals surface area contributed by atoms with Gasteiger partial charge in [0, 0.05) is 30.6 Å². The molecule has 21 heavy (non-hydrogen) atoms. The second-order valence-corrected chi connectivity index (χ2v) is 5.63. The Hall–Kier alpha value is -2.17.